The highest BCUT2D eigenvalue weighted by molar-refractivity contribution is 5.94. The fourth-order valence-electron chi connectivity index (χ4n) is 2.98. The van der Waals surface area contributed by atoms with Crippen LogP contribution >= 0.6 is 0 Å². The molecule has 2 aromatic rings. The molecule has 0 N–H and O–H groups in total. The molecule has 7 heteroatoms. The first-order valence-corrected chi connectivity index (χ1v) is 7.94. The van der Waals surface area contributed by atoms with Gasteiger partial charge in [0.2, 0.25) is 0 Å². The summed E-state index contributed by atoms with van der Waals surface area (Å²) in [5.74, 6) is 2.21. The van der Waals surface area contributed by atoms with Gasteiger partial charge in [-0.2, -0.15) is 4.98 Å². The van der Waals surface area contributed by atoms with E-state index in [0.717, 1.165) is 18.7 Å². The number of nitrogens with zero attached hydrogens (tertiary/aromatic N) is 3. The monoisotopic (exact) mass is 317 g/mol. The number of morpholine rings is 1. The van der Waals surface area contributed by atoms with E-state index in [1.165, 1.54) is 6.26 Å². The van der Waals surface area contributed by atoms with E-state index in [-0.39, 0.29) is 18.1 Å². The second-order valence-corrected chi connectivity index (χ2v) is 6.23. The molecule has 0 radical (unpaired) electrons. The summed E-state index contributed by atoms with van der Waals surface area (Å²) in [6.07, 6.45) is 3.49. The first-order valence-electron chi connectivity index (χ1n) is 7.94. The molecule has 1 aliphatic heterocycles. The fraction of sp³-hybridized carbons (Fsp3) is 0.562. The van der Waals surface area contributed by atoms with Crippen LogP contribution in [0.4, 0.5) is 0 Å². The van der Waals surface area contributed by atoms with Crippen LogP contribution in [0, 0.1) is 6.92 Å². The van der Waals surface area contributed by atoms with Gasteiger partial charge in [-0.05, 0) is 32.8 Å². The average Bonchev–Trinajstić information content (AvgIpc) is 3.12. The Bertz CT molecular complexity index is 718. The Morgan fingerprint density at radius 2 is 2.22 bits per heavy atom. The van der Waals surface area contributed by atoms with Crippen molar-refractivity contribution in [3.05, 3.63) is 35.4 Å². The van der Waals surface area contributed by atoms with Gasteiger partial charge in [-0.1, -0.05) is 5.16 Å². The number of hydrogen-bond acceptors (Lipinski definition) is 6. The summed E-state index contributed by atoms with van der Waals surface area (Å²) >= 11 is 0. The Hall–Kier alpha value is -2.15. The molecule has 1 aliphatic carbocycles. The van der Waals surface area contributed by atoms with Gasteiger partial charge in [0.15, 0.2) is 5.82 Å². The van der Waals surface area contributed by atoms with Gasteiger partial charge >= 0.3 is 0 Å². The van der Waals surface area contributed by atoms with Gasteiger partial charge in [-0.15, -0.1) is 0 Å². The minimum Gasteiger partial charge on any atom is -0.469 e. The van der Waals surface area contributed by atoms with Crippen molar-refractivity contribution in [2.75, 3.05) is 13.2 Å². The van der Waals surface area contributed by atoms with Crippen molar-refractivity contribution < 1.29 is 18.5 Å². The zero-order chi connectivity index (χ0) is 16.0. The smallest absolute Gasteiger partial charge is 0.257 e. The number of amides is 1. The van der Waals surface area contributed by atoms with Crippen LogP contribution in [0.1, 0.15) is 59.6 Å². The van der Waals surface area contributed by atoms with Gasteiger partial charge in [-0.3, -0.25) is 4.79 Å². The van der Waals surface area contributed by atoms with E-state index < -0.39 is 0 Å². The maximum absolute atomic E-state index is 12.8. The Morgan fingerprint density at radius 3 is 2.91 bits per heavy atom. The molecule has 2 aliphatic rings. The Morgan fingerprint density at radius 1 is 1.39 bits per heavy atom. The van der Waals surface area contributed by atoms with E-state index in [2.05, 4.69) is 10.1 Å². The molecular weight excluding hydrogens is 298 g/mol. The summed E-state index contributed by atoms with van der Waals surface area (Å²) in [4.78, 5) is 19.1. The van der Waals surface area contributed by atoms with Gasteiger partial charge in [0.1, 0.15) is 18.1 Å². The molecule has 7 nitrogen and oxygen atoms in total. The molecule has 0 spiro atoms. The first-order chi connectivity index (χ1) is 11.1. The molecule has 1 amide bonds. The van der Waals surface area contributed by atoms with Gasteiger partial charge in [0, 0.05) is 12.5 Å². The SMILES string of the molecule is Cc1cc(C(=O)N2CCO[C@H](C)[C@H]2c2nc(C3CC3)no2)co1. The van der Waals surface area contributed by atoms with E-state index in [9.17, 15) is 4.79 Å². The summed E-state index contributed by atoms with van der Waals surface area (Å²) in [6.45, 7) is 4.71. The standard InChI is InChI=1S/C16H19N3O4/c1-9-7-12(8-22-9)16(20)19-5-6-21-10(2)13(19)15-17-14(18-23-15)11-3-4-11/h7-8,10-11,13H,3-6H2,1-2H3/t10-,13+/m1/s1. The minimum atomic E-state index is -0.369. The number of furan rings is 1. The molecule has 2 atom stereocenters. The summed E-state index contributed by atoms with van der Waals surface area (Å²) in [5.41, 5.74) is 0.531. The lowest BCUT2D eigenvalue weighted by atomic mass is 10.1. The molecule has 0 bridgehead atoms. The molecule has 2 fully saturated rings. The summed E-state index contributed by atoms with van der Waals surface area (Å²) in [7, 11) is 0. The van der Waals surface area contributed by atoms with Gasteiger partial charge < -0.3 is 18.6 Å². The molecule has 2 aromatic heterocycles. The van der Waals surface area contributed by atoms with Crippen LogP contribution in [0.15, 0.2) is 21.3 Å². The highest BCUT2D eigenvalue weighted by Crippen LogP contribution is 2.39. The zero-order valence-electron chi connectivity index (χ0n) is 13.2. The number of carbonyl (C=O) groups is 1. The number of rotatable bonds is 3. The third kappa shape index (κ3) is 2.65. The van der Waals surface area contributed by atoms with Crippen LogP contribution in [-0.4, -0.2) is 40.2 Å². The molecule has 0 unspecified atom stereocenters. The normalized spacial score (nSPS) is 24.9. The Balaban J connectivity index is 1.63. The largest absolute Gasteiger partial charge is 0.469 e. The van der Waals surface area contributed by atoms with Gasteiger partial charge in [-0.25, -0.2) is 0 Å². The predicted octanol–water partition coefficient (Wildman–Crippen LogP) is 2.45. The van der Waals surface area contributed by atoms with E-state index in [4.69, 9.17) is 13.7 Å². The highest BCUT2D eigenvalue weighted by Gasteiger charge is 2.39. The quantitative estimate of drug-likeness (QED) is 0.865. The Labute approximate surface area is 133 Å². The Kier molecular flexibility index (Phi) is 3.45. The van der Waals surface area contributed by atoms with Crippen LogP contribution in [-0.2, 0) is 4.74 Å². The topological polar surface area (TPSA) is 81.6 Å². The lowest BCUT2D eigenvalue weighted by Gasteiger charge is -2.37. The summed E-state index contributed by atoms with van der Waals surface area (Å²) in [6, 6.07) is 1.37. The minimum absolute atomic E-state index is 0.104. The molecule has 1 saturated heterocycles. The van der Waals surface area contributed by atoms with E-state index in [0.29, 0.717) is 36.3 Å². The number of aryl methyl sites for hydroxylation is 1. The molecule has 122 valence electrons. The van der Waals surface area contributed by atoms with Crippen molar-refractivity contribution in [2.45, 2.75) is 44.8 Å². The zero-order valence-corrected chi connectivity index (χ0v) is 13.2. The molecule has 4 rings (SSSR count). The third-order valence-corrected chi connectivity index (χ3v) is 4.38. The van der Waals surface area contributed by atoms with Crippen LogP contribution in [0.5, 0.6) is 0 Å². The third-order valence-electron chi connectivity index (χ3n) is 4.38. The second kappa shape index (κ2) is 5.49. The van der Waals surface area contributed by atoms with Gasteiger partial charge in [0.25, 0.3) is 11.8 Å². The van der Waals surface area contributed by atoms with Crippen molar-refractivity contribution in [3.63, 3.8) is 0 Å². The number of hydrogen-bond donors (Lipinski definition) is 0. The highest BCUT2D eigenvalue weighted by atomic mass is 16.5. The molecule has 0 aromatic carbocycles. The molecular formula is C16H19N3O4. The van der Waals surface area contributed by atoms with Crippen LogP contribution in [0.25, 0.3) is 0 Å². The number of aromatic nitrogens is 2. The summed E-state index contributed by atoms with van der Waals surface area (Å²) < 4.78 is 16.4. The number of ether oxygens (including phenoxy) is 1. The van der Waals surface area contributed by atoms with Crippen LogP contribution < -0.4 is 0 Å². The van der Waals surface area contributed by atoms with Crippen LogP contribution in [0.2, 0.25) is 0 Å². The maximum Gasteiger partial charge on any atom is 0.257 e. The summed E-state index contributed by atoms with van der Waals surface area (Å²) in [5, 5.41) is 4.06. The van der Waals surface area contributed by atoms with E-state index >= 15 is 0 Å². The van der Waals surface area contributed by atoms with Crippen molar-refractivity contribution in [1.82, 2.24) is 15.0 Å². The maximum atomic E-state index is 12.8. The van der Waals surface area contributed by atoms with Crippen molar-refractivity contribution in [3.8, 4) is 0 Å². The van der Waals surface area contributed by atoms with Crippen molar-refractivity contribution in [1.29, 1.82) is 0 Å². The first kappa shape index (κ1) is 14.4. The average molecular weight is 317 g/mol. The van der Waals surface area contributed by atoms with E-state index in [1.807, 2.05) is 13.8 Å². The fourth-order valence-corrected chi connectivity index (χ4v) is 2.98. The number of carbonyl (C=O) groups excluding carboxylic acids is 1. The second-order valence-electron chi connectivity index (χ2n) is 6.23. The molecule has 1 saturated carbocycles. The van der Waals surface area contributed by atoms with E-state index in [1.54, 1.807) is 11.0 Å². The lowest BCUT2D eigenvalue weighted by molar-refractivity contribution is -0.0600. The molecule has 23 heavy (non-hydrogen) atoms. The van der Waals surface area contributed by atoms with Crippen molar-refractivity contribution >= 4 is 5.91 Å². The van der Waals surface area contributed by atoms with Gasteiger partial charge in [0.05, 0.1) is 18.3 Å². The van der Waals surface area contributed by atoms with Crippen molar-refractivity contribution in [2.24, 2.45) is 0 Å². The van der Waals surface area contributed by atoms with Crippen LogP contribution in [0.3, 0.4) is 0 Å². The molecule has 3 heterocycles. The predicted molar refractivity (Wildman–Crippen MR) is 78.9 cm³/mol. The lowest BCUT2D eigenvalue weighted by Crippen LogP contribution is -2.47.